The number of ether oxygens (including phenoxy) is 1. The van der Waals surface area contributed by atoms with Crippen LogP contribution in [0, 0.1) is 0 Å². The van der Waals surface area contributed by atoms with Gasteiger partial charge in [0.25, 0.3) is 0 Å². The van der Waals surface area contributed by atoms with Crippen molar-refractivity contribution in [1.82, 2.24) is 0 Å². The van der Waals surface area contributed by atoms with E-state index in [2.05, 4.69) is 4.74 Å². The number of hydrogen-bond donors (Lipinski definition) is 0. The number of carbonyl (C=O) groups is 1. The minimum Gasteiger partial charge on any atom is -0.434 e. The Morgan fingerprint density at radius 3 is 1.80 bits per heavy atom. The Morgan fingerprint density at radius 2 is 1.45 bits per heavy atom. The smallest absolute Gasteiger partial charge is 0.434 e. The lowest BCUT2D eigenvalue weighted by Gasteiger charge is -2.36. The quantitative estimate of drug-likeness (QED) is 0.624. The van der Waals surface area contributed by atoms with Crippen molar-refractivity contribution in [3.8, 4) is 0 Å². The second kappa shape index (κ2) is 5.34. The van der Waals surface area contributed by atoms with E-state index in [0.717, 1.165) is 19.1 Å². The van der Waals surface area contributed by atoms with Crippen molar-refractivity contribution in [3.05, 3.63) is 35.9 Å². The van der Waals surface area contributed by atoms with Crippen LogP contribution in [-0.4, -0.2) is 18.3 Å². The van der Waals surface area contributed by atoms with E-state index in [9.17, 15) is 31.1 Å². The zero-order valence-corrected chi connectivity index (χ0v) is 10.2. The third kappa shape index (κ3) is 2.73. The van der Waals surface area contributed by atoms with Crippen molar-refractivity contribution in [2.24, 2.45) is 0 Å². The number of rotatable bonds is 3. The van der Waals surface area contributed by atoms with E-state index in [1.807, 2.05) is 0 Å². The largest absolute Gasteiger partial charge is 0.442 e. The van der Waals surface area contributed by atoms with Crippen molar-refractivity contribution < 1.29 is 35.9 Å². The van der Waals surface area contributed by atoms with E-state index in [1.54, 1.807) is 0 Å². The molecule has 1 aromatic rings. The van der Waals surface area contributed by atoms with Gasteiger partial charge in [-0.1, -0.05) is 37.3 Å². The second-order valence-electron chi connectivity index (χ2n) is 3.87. The van der Waals surface area contributed by atoms with Gasteiger partial charge in [0.2, 0.25) is 0 Å². The van der Waals surface area contributed by atoms with E-state index in [1.165, 1.54) is 6.07 Å². The molecule has 0 aliphatic heterocycles. The van der Waals surface area contributed by atoms with Gasteiger partial charge < -0.3 is 4.74 Å². The highest BCUT2D eigenvalue weighted by molar-refractivity contribution is 5.70. The Morgan fingerprint density at radius 1 is 1.00 bits per heavy atom. The van der Waals surface area contributed by atoms with Gasteiger partial charge in [-0.25, -0.2) is 0 Å². The maximum Gasteiger partial charge on any atom is 0.442 e. The molecule has 0 amide bonds. The minimum absolute atomic E-state index is 0.610. The molecule has 1 rings (SSSR count). The standard InChI is InChI=1S/C12H10F6O2/c1-2-9(19)20-10(11(13,14)15,12(16,17)18)8-6-4-3-5-7-8/h3-7H,2H2,1H3. The van der Waals surface area contributed by atoms with Crippen LogP contribution in [0.3, 0.4) is 0 Å². The second-order valence-corrected chi connectivity index (χ2v) is 3.87. The number of carbonyl (C=O) groups excluding carboxylic acids is 1. The highest BCUT2D eigenvalue weighted by Crippen LogP contribution is 2.53. The van der Waals surface area contributed by atoms with E-state index < -0.39 is 35.9 Å². The molecule has 0 fully saturated rings. The molecule has 0 atom stereocenters. The van der Waals surface area contributed by atoms with Crippen molar-refractivity contribution in [2.45, 2.75) is 31.3 Å². The zero-order valence-electron chi connectivity index (χ0n) is 10.2. The maximum absolute atomic E-state index is 13.1. The third-order valence-electron chi connectivity index (χ3n) is 2.53. The van der Waals surface area contributed by atoms with Gasteiger partial charge in [0.05, 0.1) is 0 Å². The van der Waals surface area contributed by atoms with Crippen molar-refractivity contribution in [3.63, 3.8) is 0 Å². The summed E-state index contributed by atoms with van der Waals surface area (Å²) in [5.41, 5.74) is -5.85. The molecule has 0 spiro atoms. The molecule has 0 aromatic heterocycles. The SMILES string of the molecule is CCC(=O)OC(c1ccccc1)(C(F)(F)F)C(F)(F)F. The monoisotopic (exact) mass is 300 g/mol. The lowest BCUT2D eigenvalue weighted by molar-refractivity contribution is -0.377. The zero-order chi connectivity index (χ0) is 15.6. The summed E-state index contributed by atoms with van der Waals surface area (Å²) in [7, 11) is 0. The van der Waals surface area contributed by atoms with Crippen LogP contribution in [0.4, 0.5) is 26.3 Å². The van der Waals surface area contributed by atoms with Gasteiger partial charge in [0, 0.05) is 12.0 Å². The first kappa shape index (κ1) is 16.3. The first-order valence-electron chi connectivity index (χ1n) is 5.47. The van der Waals surface area contributed by atoms with Crippen LogP contribution >= 0.6 is 0 Å². The molecular formula is C12H10F6O2. The average Bonchev–Trinajstić information content (AvgIpc) is 2.33. The van der Waals surface area contributed by atoms with Crippen LogP contribution in [0.25, 0.3) is 0 Å². The Balaban J connectivity index is 3.56. The van der Waals surface area contributed by atoms with Gasteiger partial charge >= 0.3 is 23.9 Å². The Hall–Kier alpha value is -1.73. The molecule has 0 saturated carbocycles. The van der Waals surface area contributed by atoms with Crippen molar-refractivity contribution >= 4 is 5.97 Å². The van der Waals surface area contributed by atoms with E-state index >= 15 is 0 Å². The average molecular weight is 300 g/mol. The first-order chi connectivity index (χ1) is 9.06. The predicted octanol–water partition coefficient (Wildman–Crippen LogP) is 3.96. The summed E-state index contributed by atoms with van der Waals surface area (Å²) in [4.78, 5) is 11.1. The van der Waals surface area contributed by atoms with Crippen LogP contribution in [0.15, 0.2) is 30.3 Å². The summed E-state index contributed by atoms with van der Waals surface area (Å²) in [5, 5.41) is 0. The molecule has 0 heterocycles. The fourth-order valence-electron chi connectivity index (χ4n) is 1.58. The highest BCUT2D eigenvalue weighted by atomic mass is 19.4. The van der Waals surface area contributed by atoms with Crippen LogP contribution in [-0.2, 0) is 15.1 Å². The summed E-state index contributed by atoms with van der Waals surface area (Å²) >= 11 is 0. The normalized spacial score (nSPS) is 13.2. The minimum atomic E-state index is -5.84. The Labute approximate surface area is 110 Å². The maximum atomic E-state index is 13.1. The summed E-state index contributed by atoms with van der Waals surface area (Å²) < 4.78 is 82.2. The topological polar surface area (TPSA) is 26.3 Å². The lowest BCUT2D eigenvalue weighted by atomic mass is 9.92. The lowest BCUT2D eigenvalue weighted by Crippen LogP contribution is -2.56. The Kier molecular flexibility index (Phi) is 4.36. The van der Waals surface area contributed by atoms with Gasteiger partial charge in [-0.05, 0) is 0 Å². The van der Waals surface area contributed by atoms with E-state index in [-0.39, 0.29) is 0 Å². The van der Waals surface area contributed by atoms with Gasteiger partial charge in [-0.3, -0.25) is 4.79 Å². The number of esters is 1. The molecular weight excluding hydrogens is 290 g/mol. The predicted molar refractivity (Wildman–Crippen MR) is 56.6 cm³/mol. The molecule has 112 valence electrons. The fourth-order valence-corrected chi connectivity index (χ4v) is 1.58. The molecule has 0 unspecified atom stereocenters. The molecule has 2 nitrogen and oxygen atoms in total. The number of alkyl halides is 6. The molecule has 0 aliphatic rings. The number of hydrogen-bond acceptors (Lipinski definition) is 2. The van der Waals surface area contributed by atoms with Gasteiger partial charge in [0.15, 0.2) is 0 Å². The fraction of sp³-hybridized carbons (Fsp3) is 0.417. The van der Waals surface area contributed by atoms with Crippen molar-refractivity contribution in [2.75, 3.05) is 0 Å². The van der Waals surface area contributed by atoms with Crippen molar-refractivity contribution in [1.29, 1.82) is 0 Å². The van der Waals surface area contributed by atoms with E-state index in [4.69, 9.17) is 0 Å². The van der Waals surface area contributed by atoms with Crippen LogP contribution in [0.1, 0.15) is 18.9 Å². The van der Waals surface area contributed by atoms with Crippen LogP contribution < -0.4 is 0 Å². The van der Waals surface area contributed by atoms with Gasteiger partial charge in [-0.2, -0.15) is 26.3 Å². The summed E-state index contributed by atoms with van der Waals surface area (Å²) in [5.74, 6) is -1.59. The van der Waals surface area contributed by atoms with Gasteiger partial charge in [0.1, 0.15) is 0 Å². The van der Waals surface area contributed by atoms with E-state index in [0.29, 0.717) is 12.1 Å². The Bertz CT molecular complexity index is 449. The molecule has 0 saturated heterocycles. The molecule has 0 aliphatic carbocycles. The molecule has 0 bridgehead atoms. The molecule has 8 heteroatoms. The van der Waals surface area contributed by atoms with Crippen LogP contribution in [0.2, 0.25) is 0 Å². The highest BCUT2D eigenvalue weighted by Gasteiger charge is 2.75. The molecule has 0 N–H and O–H groups in total. The third-order valence-corrected chi connectivity index (χ3v) is 2.53. The van der Waals surface area contributed by atoms with Gasteiger partial charge in [-0.15, -0.1) is 0 Å². The summed E-state index contributed by atoms with van der Waals surface area (Å²) in [6.07, 6.45) is -12.3. The first-order valence-corrected chi connectivity index (χ1v) is 5.47. The van der Waals surface area contributed by atoms with Crippen LogP contribution in [0.5, 0.6) is 0 Å². The summed E-state index contributed by atoms with van der Waals surface area (Å²) in [6, 6.07) is 4.49. The molecule has 1 aromatic carbocycles. The summed E-state index contributed by atoms with van der Waals surface area (Å²) in [6.45, 7) is 1.10. The molecule has 0 radical (unpaired) electrons. The number of halogens is 6. The molecule has 20 heavy (non-hydrogen) atoms. The number of benzene rings is 1.